The summed E-state index contributed by atoms with van der Waals surface area (Å²) in [6.45, 7) is 4.27. The summed E-state index contributed by atoms with van der Waals surface area (Å²) in [5.74, 6) is -0.927. The van der Waals surface area contributed by atoms with Crippen LogP contribution in [-0.4, -0.2) is 40.0 Å². The molecular weight excluding hydrogens is 320 g/mol. The summed E-state index contributed by atoms with van der Waals surface area (Å²) in [6.07, 6.45) is 4.63. The molecule has 1 atom stereocenters. The van der Waals surface area contributed by atoms with E-state index in [-0.39, 0.29) is 11.8 Å². The third kappa shape index (κ3) is 5.56. The standard InChI is InChI=1S/C18H22N4O3/c1-13(2)17(18(24)25-3)19-16(23)10-9-15-12-22(21-20-15)11-14-7-5-4-6-8-14/h4-10,12-13,17H,11H2,1-3H3,(H,19,23). The molecule has 1 unspecified atom stereocenters. The molecule has 0 spiro atoms. The Morgan fingerprint density at radius 1 is 1.28 bits per heavy atom. The second-order valence-electron chi connectivity index (χ2n) is 5.91. The number of esters is 1. The predicted molar refractivity (Wildman–Crippen MR) is 93.4 cm³/mol. The van der Waals surface area contributed by atoms with Gasteiger partial charge in [-0.1, -0.05) is 49.4 Å². The fraction of sp³-hybridized carbons (Fsp3) is 0.333. The van der Waals surface area contributed by atoms with E-state index in [9.17, 15) is 9.59 Å². The van der Waals surface area contributed by atoms with Gasteiger partial charge in [0.1, 0.15) is 11.7 Å². The molecule has 0 aliphatic rings. The second-order valence-corrected chi connectivity index (χ2v) is 5.91. The quantitative estimate of drug-likeness (QED) is 0.611. The van der Waals surface area contributed by atoms with Crippen LogP contribution in [0.15, 0.2) is 42.6 Å². The van der Waals surface area contributed by atoms with Crippen molar-refractivity contribution >= 4 is 18.0 Å². The van der Waals surface area contributed by atoms with E-state index in [1.807, 2.05) is 44.2 Å². The summed E-state index contributed by atoms with van der Waals surface area (Å²) in [7, 11) is 1.30. The minimum Gasteiger partial charge on any atom is -0.467 e. The van der Waals surface area contributed by atoms with Gasteiger partial charge in [-0.2, -0.15) is 0 Å². The molecule has 2 aromatic rings. The van der Waals surface area contributed by atoms with Crippen molar-refractivity contribution in [3.63, 3.8) is 0 Å². The van der Waals surface area contributed by atoms with Crippen LogP contribution in [0.1, 0.15) is 25.1 Å². The molecule has 1 aromatic carbocycles. The normalized spacial score (nSPS) is 12.3. The summed E-state index contributed by atoms with van der Waals surface area (Å²) >= 11 is 0. The summed E-state index contributed by atoms with van der Waals surface area (Å²) in [5, 5.41) is 10.7. The van der Waals surface area contributed by atoms with Crippen molar-refractivity contribution in [3.8, 4) is 0 Å². The Bertz CT molecular complexity index is 738. The molecule has 0 aliphatic heterocycles. The molecule has 0 fully saturated rings. The molecule has 0 aliphatic carbocycles. The van der Waals surface area contributed by atoms with Crippen molar-refractivity contribution in [1.29, 1.82) is 0 Å². The molecule has 0 saturated heterocycles. The van der Waals surface area contributed by atoms with Gasteiger partial charge < -0.3 is 10.1 Å². The fourth-order valence-corrected chi connectivity index (χ4v) is 2.22. The molecule has 1 N–H and O–H groups in total. The summed E-state index contributed by atoms with van der Waals surface area (Å²) in [5.41, 5.74) is 1.67. The molecule has 7 heteroatoms. The van der Waals surface area contributed by atoms with Gasteiger partial charge in [-0.25, -0.2) is 9.48 Å². The maximum absolute atomic E-state index is 12.0. The van der Waals surface area contributed by atoms with Crippen molar-refractivity contribution in [2.45, 2.75) is 26.4 Å². The van der Waals surface area contributed by atoms with Crippen LogP contribution in [0.3, 0.4) is 0 Å². The number of nitrogens with one attached hydrogen (secondary N) is 1. The van der Waals surface area contributed by atoms with Crippen LogP contribution in [0.5, 0.6) is 0 Å². The number of benzene rings is 1. The molecule has 1 amide bonds. The zero-order valence-corrected chi connectivity index (χ0v) is 14.5. The number of aromatic nitrogens is 3. The molecule has 0 radical (unpaired) electrons. The number of amides is 1. The minimum atomic E-state index is -0.684. The van der Waals surface area contributed by atoms with E-state index < -0.39 is 12.0 Å². The van der Waals surface area contributed by atoms with Crippen molar-refractivity contribution < 1.29 is 14.3 Å². The summed E-state index contributed by atoms with van der Waals surface area (Å²) in [6, 6.07) is 9.20. The number of ether oxygens (including phenoxy) is 1. The number of nitrogens with zero attached hydrogens (tertiary/aromatic N) is 3. The fourth-order valence-electron chi connectivity index (χ4n) is 2.22. The average molecular weight is 342 g/mol. The van der Waals surface area contributed by atoms with Gasteiger partial charge in [-0.3, -0.25) is 4.79 Å². The maximum atomic E-state index is 12.0. The van der Waals surface area contributed by atoms with E-state index >= 15 is 0 Å². The molecule has 2 rings (SSSR count). The largest absolute Gasteiger partial charge is 0.467 e. The average Bonchev–Trinajstić information content (AvgIpc) is 3.05. The first-order valence-electron chi connectivity index (χ1n) is 8.00. The highest BCUT2D eigenvalue weighted by molar-refractivity contribution is 5.94. The Kier molecular flexibility index (Phi) is 6.45. The van der Waals surface area contributed by atoms with Crippen LogP contribution in [0.2, 0.25) is 0 Å². The Labute approximate surface area is 146 Å². The molecule has 1 aromatic heterocycles. The molecule has 25 heavy (non-hydrogen) atoms. The third-order valence-electron chi connectivity index (χ3n) is 3.57. The Morgan fingerprint density at radius 3 is 2.64 bits per heavy atom. The molecule has 1 heterocycles. The number of hydrogen-bond donors (Lipinski definition) is 1. The number of rotatable bonds is 7. The van der Waals surface area contributed by atoms with E-state index in [2.05, 4.69) is 15.6 Å². The van der Waals surface area contributed by atoms with E-state index in [0.717, 1.165) is 5.56 Å². The van der Waals surface area contributed by atoms with Gasteiger partial charge in [0.2, 0.25) is 5.91 Å². The lowest BCUT2D eigenvalue weighted by atomic mass is 10.0. The first-order chi connectivity index (χ1) is 12.0. The van der Waals surface area contributed by atoms with Crippen molar-refractivity contribution in [1.82, 2.24) is 20.3 Å². The van der Waals surface area contributed by atoms with Gasteiger partial charge in [0.15, 0.2) is 0 Å². The minimum absolute atomic E-state index is 0.0726. The number of carbonyl (C=O) groups excluding carboxylic acids is 2. The van der Waals surface area contributed by atoms with Gasteiger partial charge in [0.05, 0.1) is 19.9 Å². The zero-order valence-electron chi connectivity index (χ0n) is 14.5. The highest BCUT2D eigenvalue weighted by atomic mass is 16.5. The van der Waals surface area contributed by atoms with Gasteiger partial charge in [-0.05, 0) is 17.6 Å². The van der Waals surface area contributed by atoms with E-state index in [1.165, 1.54) is 13.2 Å². The number of carbonyl (C=O) groups is 2. The Balaban J connectivity index is 1.95. The molecule has 0 saturated carbocycles. The van der Waals surface area contributed by atoms with Gasteiger partial charge in [-0.15, -0.1) is 5.10 Å². The maximum Gasteiger partial charge on any atom is 0.328 e. The van der Waals surface area contributed by atoms with Crippen LogP contribution in [0.4, 0.5) is 0 Å². The highest BCUT2D eigenvalue weighted by Crippen LogP contribution is 2.05. The lowest BCUT2D eigenvalue weighted by Crippen LogP contribution is -2.44. The predicted octanol–water partition coefficient (Wildman–Crippen LogP) is 1.65. The van der Waals surface area contributed by atoms with Crippen LogP contribution in [-0.2, 0) is 20.9 Å². The van der Waals surface area contributed by atoms with Crippen LogP contribution in [0, 0.1) is 5.92 Å². The lowest BCUT2D eigenvalue weighted by Gasteiger charge is -2.18. The van der Waals surface area contributed by atoms with Gasteiger partial charge >= 0.3 is 5.97 Å². The monoisotopic (exact) mass is 342 g/mol. The van der Waals surface area contributed by atoms with Gasteiger partial charge in [0.25, 0.3) is 0 Å². The first-order valence-corrected chi connectivity index (χ1v) is 8.00. The van der Waals surface area contributed by atoms with E-state index in [4.69, 9.17) is 4.74 Å². The van der Waals surface area contributed by atoms with Crippen molar-refractivity contribution in [2.24, 2.45) is 5.92 Å². The van der Waals surface area contributed by atoms with Crippen LogP contribution in [0.25, 0.3) is 6.08 Å². The van der Waals surface area contributed by atoms with Crippen molar-refractivity contribution in [3.05, 3.63) is 53.9 Å². The molecule has 132 valence electrons. The SMILES string of the molecule is COC(=O)C(NC(=O)C=Cc1cn(Cc2ccccc2)nn1)C(C)C. The second kappa shape index (κ2) is 8.77. The van der Waals surface area contributed by atoms with E-state index in [1.54, 1.807) is 17.0 Å². The van der Waals surface area contributed by atoms with Gasteiger partial charge in [0, 0.05) is 6.08 Å². The lowest BCUT2D eigenvalue weighted by molar-refractivity contribution is -0.145. The smallest absolute Gasteiger partial charge is 0.328 e. The first kappa shape index (κ1) is 18.4. The zero-order chi connectivity index (χ0) is 18.2. The number of hydrogen-bond acceptors (Lipinski definition) is 5. The Hall–Kier alpha value is -2.96. The molecule has 0 bridgehead atoms. The summed E-state index contributed by atoms with van der Waals surface area (Å²) < 4.78 is 6.39. The third-order valence-corrected chi connectivity index (χ3v) is 3.57. The van der Waals surface area contributed by atoms with E-state index in [0.29, 0.717) is 12.2 Å². The summed E-state index contributed by atoms with van der Waals surface area (Å²) in [4.78, 5) is 23.6. The molecular formula is C18H22N4O3. The molecule has 7 nitrogen and oxygen atoms in total. The van der Waals surface area contributed by atoms with Crippen molar-refractivity contribution in [2.75, 3.05) is 7.11 Å². The highest BCUT2D eigenvalue weighted by Gasteiger charge is 2.23. The Morgan fingerprint density at radius 2 is 2.00 bits per heavy atom. The van der Waals surface area contributed by atoms with Crippen LogP contribution < -0.4 is 5.32 Å². The number of methoxy groups -OCH3 is 1. The topological polar surface area (TPSA) is 86.1 Å². The van der Waals surface area contributed by atoms with Crippen LogP contribution >= 0.6 is 0 Å².